The summed E-state index contributed by atoms with van der Waals surface area (Å²) in [7, 11) is -0.590. The number of aromatic nitrogens is 2. The Labute approximate surface area is 255 Å². The van der Waals surface area contributed by atoms with Crippen molar-refractivity contribution in [3.63, 3.8) is 0 Å². The minimum Gasteiger partial charge on any atom is -0.497 e. The van der Waals surface area contributed by atoms with Crippen molar-refractivity contribution in [2.24, 2.45) is 13.0 Å². The van der Waals surface area contributed by atoms with Crippen molar-refractivity contribution in [1.29, 1.82) is 0 Å². The van der Waals surface area contributed by atoms with E-state index in [2.05, 4.69) is 5.10 Å². The molecule has 2 fully saturated rings. The van der Waals surface area contributed by atoms with E-state index >= 15 is 4.39 Å². The van der Waals surface area contributed by atoms with Crippen molar-refractivity contribution in [3.05, 3.63) is 86.9 Å². The predicted octanol–water partition coefficient (Wildman–Crippen LogP) is 3.43. The number of hydrogen-bond donors (Lipinski definition) is 0. The van der Waals surface area contributed by atoms with E-state index in [-0.39, 0.29) is 37.1 Å². The first-order valence-corrected chi connectivity index (χ1v) is 16.3. The SMILES string of the molecule is COc1ccc([C@@H]2CN(c3ccc(=O)n(C)n3)C[C@H]2C(=O)N2CCCC(c3ccc(Cl)cc3)N(S(C)(=O)=O)CC2)c(F)c1. The van der Waals surface area contributed by atoms with Crippen LogP contribution in [-0.4, -0.2) is 79.4 Å². The van der Waals surface area contributed by atoms with Crippen molar-refractivity contribution >= 4 is 33.3 Å². The highest BCUT2D eigenvalue weighted by Crippen LogP contribution is 2.38. The molecular formula is C30H35ClFN5O5S. The van der Waals surface area contributed by atoms with Crippen LogP contribution in [0, 0.1) is 11.7 Å². The molecule has 2 aliphatic rings. The summed E-state index contributed by atoms with van der Waals surface area (Å²) in [6, 6.07) is 14.4. The maximum atomic E-state index is 15.4. The van der Waals surface area contributed by atoms with Gasteiger partial charge in [-0.3, -0.25) is 9.59 Å². The number of methoxy groups -OCH3 is 1. The largest absolute Gasteiger partial charge is 0.497 e. The number of rotatable bonds is 6. The minimum absolute atomic E-state index is 0.123. The Balaban J connectivity index is 1.43. The molecule has 5 rings (SSSR count). The molecule has 3 heterocycles. The van der Waals surface area contributed by atoms with Crippen molar-refractivity contribution in [2.45, 2.75) is 24.8 Å². The molecule has 3 atom stereocenters. The van der Waals surface area contributed by atoms with Crippen LogP contribution in [0.25, 0.3) is 0 Å². The molecule has 0 bridgehead atoms. The van der Waals surface area contributed by atoms with Gasteiger partial charge in [-0.05, 0) is 48.2 Å². The zero-order valence-electron chi connectivity index (χ0n) is 24.3. The molecule has 2 saturated heterocycles. The monoisotopic (exact) mass is 631 g/mol. The van der Waals surface area contributed by atoms with E-state index in [0.717, 1.165) is 5.56 Å². The van der Waals surface area contributed by atoms with Gasteiger partial charge in [-0.1, -0.05) is 29.8 Å². The molecule has 0 aliphatic carbocycles. The quantitative estimate of drug-likeness (QED) is 0.411. The number of aryl methyl sites for hydroxylation is 1. The minimum atomic E-state index is -3.60. The first-order chi connectivity index (χ1) is 20.5. The number of halogens is 2. The van der Waals surface area contributed by atoms with Gasteiger partial charge in [0, 0.05) is 68.9 Å². The van der Waals surface area contributed by atoms with E-state index in [0.29, 0.717) is 48.1 Å². The topological polar surface area (TPSA) is 105 Å². The number of sulfonamides is 1. The average molecular weight is 632 g/mol. The van der Waals surface area contributed by atoms with Gasteiger partial charge in [0.2, 0.25) is 15.9 Å². The molecule has 2 aliphatic heterocycles. The van der Waals surface area contributed by atoms with Crippen LogP contribution < -0.4 is 15.2 Å². The second kappa shape index (κ2) is 12.6. The number of benzene rings is 2. The highest BCUT2D eigenvalue weighted by Gasteiger charge is 2.43. The highest BCUT2D eigenvalue weighted by atomic mass is 35.5. The van der Waals surface area contributed by atoms with Crippen LogP contribution in [0.3, 0.4) is 0 Å². The van der Waals surface area contributed by atoms with Crippen LogP contribution in [0.15, 0.2) is 59.4 Å². The predicted molar refractivity (Wildman–Crippen MR) is 162 cm³/mol. The lowest BCUT2D eigenvalue weighted by molar-refractivity contribution is -0.135. The molecule has 0 spiro atoms. The van der Waals surface area contributed by atoms with E-state index in [1.54, 1.807) is 42.3 Å². The fourth-order valence-electron chi connectivity index (χ4n) is 6.13. The number of carbonyl (C=O) groups is 1. The third kappa shape index (κ3) is 6.71. The molecule has 1 unspecified atom stereocenters. The summed E-state index contributed by atoms with van der Waals surface area (Å²) in [5, 5.41) is 4.92. The second-order valence-corrected chi connectivity index (χ2v) is 13.4. The Morgan fingerprint density at radius 3 is 2.44 bits per heavy atom. The molecule has 10 nitrogen and oxygen atoms in total. The molecule has 230 valence electrons. The van der Waals surface area contributed by atoms with Gasteiger partial charge in [-0.2, -0.15) is 9.40 Å². The first kappa shape index (κ1) is 31.0. The lowest BCUT2D eigenvalue weighted by Gasteiger charge is -2.37. The summed E-state index contributed by atoms with van der Waals surface area (Å²) in [5.74, 6) is -0.891. The summed E-state index contributed by atoms with van der Waals surface area (Å²) < 4.78 is 49.1. The molecule has 1 aromatic heterocycles. The zero-order valence-corrected chi connectivity index (χ0v) is 25.9. The maximum Gasteiger partial charge on any atom is 0.266 e. The van der Waals surface area contributed by atoms with Gasteiger partial charge in [0.15, 0.2) is 0 Å². The summed E-state index contributed by atoms with van der Waals surface area (Å²) in [5.41, 5.74) is 0.973. The Morgan fingerprint density at radius 1 is 1.05 bits per heavy atom. The van der Waals surface area contributed by atoms with Crippen molar-refractivity contribution in [1.82, 2.24) is 19.0 Å². The van der Waals surface area contributed by atoms with Gasteiger partial charge >= 0.3 is 0 Å². The van der Waals surface area contributed by atoms with Gasteiger partial charge in [0.25, 0.3) is 5.56 Å². The van der Waals surface area contributed by atoms with Crippen LogP contribution in [0.5, 0.6) is 5.75 Å². The Hall–Kier alpha value is -3.48. The third-order valence-corrected chi connectivity index (χ3v) is 9.89. The first-order valence-electron chi connectivity index (χ1n) is 14.1. The Morgan fingerprint density at radius 2 is 1.79 bits per heavy atom. The molecule has 2 aromatic carbocycles. The normalized spacial score (nSPS) is 21.8. The number of ether oxygens (including phenoxy) is 1. The lowest BCUT2D eigenvalue weighted by Crippen LogP contribution is -2.47. The van der Waals surface area contributed by atoms with E-state index < -0.39 is 27.7 Å². The number of amides is 1. The molecule has 13 heteroatoms. The highest BCUT2D eigenvalue weighted by molar-refractivity contribution is 7.88. The number of hydrogen-bond acceptors (Lipinski definition) is 7. The summed E-state index contributed by atoms with van der Waals surface area (Å²) >= 11 is 6.07. The molecule has 0 N–H and O–H groups in total. The van der Waals surface area contributed by atoms with Gasteiger partial charge in [0.05, 0.1) is 19.3 Å². The molecule has 1 amide bonds. The van der Waals surface area contributed by atoms with Crippen molar-refractivity contribution in [2.75, 3.05) is 51.0 Å². The van der Waals surface area contributed by atoms with E-state index in [9.17, 15) is 18.0 Å². The Kier molecular flexibility index (Phi) is 9.10. The van der Waals surface area contributed by atoms with Gasteiger partial charge in [-0.15, -0.1) is 0 Å². The average Bonchev–Trinajstić information content (AvgIpc) is 3.39. The fraction of sp³-hybridized carbons (Fsp3) is 0.433. The van der Waals surface area contributed by atoms with E-state index in [1.165, 1.54) is 34.5 Å². The second-order valence-electron chi connectivity index (χ2n) is 11.1. The third-order valence-electron chi connectivity index (χ3n) is 8.35. The number of carbonyl (C=O) groups excluding carboxylic acids is 1. The summed E-state index contributed by atoms with van der Waals surface area (Å²) in [6.45, 7) is 1.33. The summed E-state index contributed by atoms with van der Waals surface area (Å²) in [4.78, 5) is 29.8. The van der Waals surface area contributed by atoms with Gasteiger partial charge in [-0.25, -0.2) is 17.5 Å². The van der Waals surface area contributed by atoms with Crippen LogP contribution in [0.2, 0.25) is 5.02 Å². The van der Waals surface area contributed by atoms with Crippen LogP contribution in [0.1, 0.15) is 35.9 Å². The zero-order chi connectivity index (χ0) is 30.9. The smallest absolute Gasteiger partial charge is 0.266 e. The molecule has 3 aromatic rings. The van der Waals surface area contributed by atoms with E-state index in [4.69, 9.17) is 16.3 Å². The lowest BCUT2D eigenvalue weighted by atomic mass is 9.87. The van der Waals surface area contributed by atoms with Crippen molar-refractivity contribution in [3.8, 4) is 5.75 Å². The van der Waals surface area contributed by atoms with Crippen LogP contribution in [0.4, 0.5) is 10.2 Å². The number of nitrogens with zero attached hydrogens (tertiary/aromatic N) is 5. The molecule has 43 heavy (non-hydrogen) atoms. The van der Waals surface area contributed by atoms with Gasteiger partial charge < -0.3 is 14.5 Å². The van der Waals surface area contributed by atoms with Crippen LogP contribution in [-0.2, 0) is 21.9 Å². The van der Waals surface area contributed by atoms with Gasteiger partial charge in [0.1, 0.15) is 17.4 Å². The summed E-state index contributed by atoms with van der Waals surface area (Å²) in [6.07, 6.45) is 2.28. The molecular weight excluding hydrogens is 597 g/mol. The van der Waals surface area contributed by atoms with Crippen LogP contribution >= 0.6 is 11.6 Å². The fourth-order valence-corrected chi connectivity index (χ4v) is 7.36. The van der Waals surface area contributed by atoms with E-state index in [1.807, 2.05) is 17.0 Å². The Bertz CT molecular complexity index is 1650. The molecule has 0 saturated carbocycles. The van der Waals surface area contributed by atoms with Crippen molar-refractivity contribution < 1.29 is 22.3 Å². The standard InChI is InChI=1S/C30H35ClFN5O5S/c1-34-29(38)13-12-28(33-34)36-18-24(23-11-10-22(42-2)17-26(23)32)25(19-36)30(39)35-14-4-5-27(20-6-8-21(31)9-7-20)37(16-15-35)43(3,40)41/h6-13,17,24-25,27H,4-5,14-16,18-19H2,1-3H3/t24-,25+,27?/m0/s1. The molecule has 0 radical (unpaired) electrons. The maximum absolute atomic E-state index is 15.4. The number of anilines is 1.